The van der Waals surface area contributed by atoms with Gasteiger partial charge in [0.05, 0.1) is 13.2 Å². The molecule has 0 fully saturated rings. The van der Waals surface area contributed by atoms with Gasteiger partial charge in [0, 0.05) is 6.61 Å². The van der Waals surface area contributed by atoms with Gasteiger partial charge in [-0.05, 0) is 12.0 Å². The first-order chi connectivity index (χ1) is 6.31. The molecule has 0 amide bonds. The van der Waals surface area contributed by atoms with Crippen LogP contribution in [0.25, 0.3) is 0 Å². The third-order valence-electron chi connectivity index (χ3n) is 1.59. The molecule has 0 saturated carbocycles. The molecule has 0 aromatic rings. The van der Waals surface area contributed by atoms with Crippen LogP contribution in [0, 0.1) is 0 Å². The maximum atomic E-state index is 5.40. The number of unbranched alkanes of at least 4 members (excludes halogenated alkanes) is 1. The Morgan fingerprint density at radius 2 is 2.15 bits per heavy atom. The number of hydrogen-bond donors (Lipinski definition) is 0. The van der Waals surface area contributed by atoms with Gasteiger partial charge in [0.25, 0.3) is 0 Å². The normalized spacial score (nSPS) is 12.8. The molecule has 0 saturated heterocycles. The van der Waals surface area contributed by atoms with Crippen LogP contribution in [0.3, 0.4) is 0 Å². The molecule has 0 rings (SSSR count). The largest absolute Gasteiger partial charge is 0.414 e. The molecular weight excluding hydrogens is 180 g/mol. The van der Waals surface area contributed by atoms with E-state index in [0.717, 1.165) is 19.6 Å². The van der Waals surface area contributed by atoms with E-state index in [2.05, 4.69) is 20.4 Å². The fourth-order valence-corrected chi connectivity index (χ4v) is 1.25. The van der Waals surface area contributed by atoms with E-state index in [1.54, 1.807) is 0 Å². The maximum Gasteiger partial charge on any atom is 0.237 e. The zero-order valence-electron chi connectivity index (χ0n) is 8.71. The Morgan fingerprint density at radius 1 is 1.38 bits per heavy atom. The predicted molar refractivity (Wildman–Crippen MR) is 57.1 cm³/mol. The van der Waals surface area contributed by atoms with Gasteiger partial charge in [0.15, 0.2) is 0 Å². The number of hydrogen-bond acceptors (Lipinski definition) is 2. The lowest BCUT2D eigenvalue weighted by molar-refractivity contribution is 0.0991. The van der Waals surface area contributed by atoms with Crippen molar-refractivity contribution in [2.24, 2.45) is 0 Å². The zero-order valence-corrected chi connectivity index (χ0v) is 9.71. The van der Waals surface area contributed by atoms with Crippen LogP contribution in [-0.2, 0) is 9.16 Å². The first-order valence-corrected chi connectivity index (χ1v) is 5.87. The Balaban J connectivity index is 2.95. The summed E-state index contributed by atoms with van der Waals surface area (Å²) >= 11 is 0. The molecule has 0 N–H and O–H groups in total. The van der Waals surface area contributed by atoms with Gasteiger partial charge in [-0.25, -0.2) is 0 Å². The molecule has 3 heteroatoms. The minimum absolute atomic E-state index is 0.468. The first-order valence-electron chi connectivity index (χ1n) is 4.88. The van der Waals surface area contributed by atoms with Crippen molar-refractivity contribution >= 4 is 9.76 Å². The summed E-state index contributed by atoms with van der Waals surface area (Å²) in [7, 11) is 0.520. The molecule has 0 aliphatic carbocycles. The molecule has 1 unspecified atom stereocenters. The molecule has 0 aliphatic heterocycles. The zero-order chi connectivity index (χ0) is 9.94. The molecule has 1 atom stereocenters. The summed E-state index contributed by atoms with van der Waals surface area (Å²) in [6.07, 6.45) is 4.25. The summed E-state index contributed by atoms with van der Waals surface area (Å²) < 4.78 is 10.7. The van der Waals surface area contributed by atoms with Crippen molar-refractivity contribution < 1.29 is 9.16 Å². The van der Waals surface area contributed by atoms with E-state index in [1.165, 1.54) is 6.42 Å². The lowest BCUT2D eigenvalue weighted by Gasteiger charge is -2.06. The summed E-state index contributed by atoms with van der Waals surface area (Å²) in [5.41, 5.74) is 0.468. The Morgan fingerprint density at radius 3 is 2.77 bits per heavy atom. The van der Waals surface area contributed by atoms with Gasteiger partial charge in [-0.15, -0.1) is 6.58 Å². The van der Waals surface area contributed by atoms with Crippen LogP contribution in [0.4, 0.5) is 0 Å². The summed E-state index contributed by atoms with van der Waals surface area (Å²) in [6, 6.07) is 0. The highest BCUT2D eigenvalue weighted by Gasteiger charge is 1.98. The molecule has 2 nitrogen and oxygen atoms in total. The summed E-state index contributed by atoms with van der Waals surface area (Å²) in [4.78, 5) is 0. The number of allylic oxidation sites excluding steroid dienone is 1. The molecule has 76 valence electrons. The summed E-state index contributed by atoms with van der Waals surface area (Å²) in [5.74, 6) is 0. The molecule has 0 bridgehead atoms. The topological polar surface area (TPSA) is 18.5 Å². The fourth-order valence-electron chi connectivity index (χ4n) is 0.688. The fraction of sp³-hybridized carbons (Fsp3) is 0.800. The van der Waals surface area contributed by atoms with Crippen molar-refractivity contribution in [3.63, 3.8) is 0 Å². The van der Waals surface area contributed by atoms with Crippen molar-refractivity contribution in [3.05, 3.63) is 12.7 Å². The first kappa shape index (κ1) is 12.9. The van der Waals surface area contributed by atoms with Crippen molar-refractivity contribution in [2.45, 2.75) is 32.2 Å². The van der Waals surface area contributed by atoms with Crippen molar-refractivity contribution in [1.82, 2.24) is 0 Å². The lowest BCUT2D eigenvalue weighted by Crippen LogP contribution is -2.10. The van der Waals surface area contributed by atoms with Gasteiger partial charge in [-0.2, -0.15) is 0 Å². The van der Waals surface area contributed by atoms with Gasteiger partial charge < -0.3 is 9.16 Å². The smallest absolute Gasteiger partial charge is 0.237 e. The van der Waals surface area contributed by atoms with Crippen molar-refractivity contribution in [3.8, 4) is 0 Å². The van der Waals surface area contributed by atoms with Crippen LogP contribution in [0.1, 0.15) is 26.7 Å². The molecular formula is C10H20O2Si. The standard InChI is InChI=1S/C10H20O2Si/c1-4-6-7-11-8-9-12-13-10(3)5-2/h5,10H,2,4,6-9H2,1,3H3. The highest BCUT2D eigenvalue weighted by atomic mass is 28.2. The van der Waals surface area contributed by atoms with E-state index in [-0.39, 0.29) is 0 Å². The van der Waals surface area contributed by atoms with Gasteiger partial charge >= 0.3 is 0 Å². The van der Waals surface area contributed by atoms with Crippen LogP contribution < -0.4 is 0 Å². The van der Waals surface area contributed by atoms with Crippen LogP contribution in [0.2, 0.25) is 5.54 Å². The monoisotopic (exact) mass is 200 g/mol. The third-order valence-corrected chi connectivity index (χ3v) is 2.57. The second kappa shape index (κ2) is 9.96. The lowest BCUT2D eigenvalue weighted by atomic mass is 10.4. The average Bonchev–Trinajstić information content (AvgIpc) is 2.16. The second-order valence-corrected chi connectivity index (χ2v) is 4.39. The van der Waals surface area contributed by atoms with Crippen molar-refractivity contribution in [1.29, 1.82) is 0 Å². The predicted octanol–water partition coefficient (Wildman–Crippen LogP) is 2.43. The van der Waals surface area contributed by atoms with E-state index >= 15 is 0 Å². The second-order valence-electron chi connectivity index (χ2n) is 2.96. The SMILES string of the molecule is C=CC(C)[Si]OCCOCCCC. The van der Waals surface area contributed by atoms with E-state index < -0.39 is 0 Å². The minimum atomic E-state index is 0.468. The van der Waals surface area contributed by atoms with Crippen LogP contribution in [-0.4, -0.2) is 29.6 Å². The molecule has 0 heterocycles. The van der Waals surface area contributed by atoms with E-state index in [4.69, 9.17) is 9.16 Å². The van der Waals surface area contributed by atoms with Crippen LogP contribution in [0.15, 0.2) is 12.7 Å². The summed E-state index contributed by atoms with van der Waals surface area (Å²) in [5, 5.41) is 0. The number of rotatable bonds is 9. The van der Waals surface area contributed by atoms with Gasteiger partial charge in [0.1, 0.15) is 0 Å². The van der Waals surface area contributed by atoms with Gasteiger partial charge in [-0.3, -0.25) is 0 Å². The molecule has 0 aliphatic rings. The molecule has 0 aromatic heterocycles. The Hall–Kier alpha value is -0.123. The van der Waals surface area contributed by atoms with Crippen LogP contribution in [0.5, 0.6) is 0 Å². The minimum Gasteiger partial charge on any atom is -0.414 e. The molecule has 0 aromatic carbocycles. The van der Waals surface area contributed by atoms with E-state index in [9.17, 15) is 0 Å². The molecule has 0 spiro atoms. The highest BCUT2D eigenvalue weighted by Crippen LogP contribution is 2.00. The van der Waals surface area contributed by atoms with E-state index in [0.29, 0.717) is 21.9 Å². The van der Waals surface area contributed by atoms with Crippen LogP contribution >= 0.6 is 0 Å². The molecule has 2 radical (unpaired) electrons. The maximum absolute atomic E-state index is 5.40. The Labute approximate surface area is 84.3 Å². The van der Waals surface area contributed by atoms with E-state index in [1.807, 2.05) is 6.08 Å². The van der Waals surface area contributed by atoms with Gasteiger partial charge in [0.2, 0.25) is 9.76 Å². The highest BCUT2D eigenvalue weighted by molar-refractivity contribution is 6.30. The summed E-state index contributed by atoms with van der Waals surface area (Å²) in [6.45, 7) is 10.2. The number of ether oxygens (including phenoxy) is 1. The average molecular weight is 200 g/mol. The Kier molecular flexibility index (Phi) is 9.87. The molecule has 13 heavy (non-hydrogen) atoms. The van der Waals surface area contributed by atoms with Gasteiger partial charge in [-0.1, -0.05) is 26.3 Å². The third kappa shape index (κ3) is 9.79. The van der Waals surface area contributed by atoms with Crippen molar-refractivity contribution in [2.75, 3.05) is 19.8 Å². The Bertz CT molecular complexity index is 117. The quantitative estimate of drug-likeness (QED) is 0.323.